The number of hydrogen-bond acceptors (Lipinski definition) is 7. The fourth-order valence-electron chi connectivity index (χ4n) is 3.40. The first-order valence-electron chi connectivity index (χ1n) is 10.4. The lowest BCUT2D eigenvalue weighted by Crippen LogP contribution is -2.70. The summed E-state index contributed by atoms with van der Waals surface area (Å²) in [4.78, 5) is 50.0. The first-order chi connectivity index (χ1) is 16.0. The zero-order chi connectivity index (χ0) is 25.0. The second-order valence-corrected chi connectivity index (χ2v) is 8.92. The summed E-state index contributed by atoms with van der Waals surface area (Å²) in [6.45, 7) is 2.97. The number of nitrogens with zero attached hydrogens (tertiary/aromatic N) is 1. The molecule has 2 atom stereocenters. The lowest BCUT2D eigenvalue weighted by atomic mass is 10.0. The minimum Gasteiger partial charge on any atom is -0.461 e. The first-order valence-corrected chi connectivity index (χ1v) is 11.3. The van der Waals surface area contributed by atoms with Crippen LogP contribution in [0.2, 0.25) is 0 Å². The number of rotatable bonds is 8. The number of esters is 2. The lowest BCUT2D eigenvalue weighted by Gasteiger charge is -2.50. The van der Waals surface area contributed by atoms with E-state index in [1.807, 2.05) is 0 Å². The molecular weight excluding hydrogens is 477 g/mol. The van der Waals surface area contributed by atoms with Crippen LogP contribution in [-0.4, -0.2) is 59.8 Å². The van der Waals surface area contributed by atoms with Crippen LogP contribution in [0.5, 0.6) is 0 Å². The third-order valence-corrected chi connectivity index (χ3v) is 6.68. The molecule has 0 saturated carbocycles. The van der Waals surface area contributed by atoms with Crippen molar-refractivity contribution in [3.8, 4) is 0 Å². The van der Waals surface area contributed by atoms with Crippen molar-refractivity contribution in [3.05, 3.63) is 45.9 Å². The second kappa shape index (κ2) is 10.5. The van der Waals surface area contributed by atoms with E-state index in [4.69, 9.17) is 9.47 Å². The van der Waals surface area contributed by atoms with Crippen LogP contribution in [0.15, 0.2) is 34.7 Å². The van der Waals surface area contributed by atoms with Gasteiger partial charge in [0, 0.05) is 24.8 Å². The molecule has 0 aliphatic carbocycles. The highest BCUT2D eigenvalue weighted by Gasteiger charge is 2.51. The highest BCUT2D eigenvalue weighted by atomic mass is 32.2. The van der Waals surface area contributed by atoms with Crippen molar-refractivity contribution in [2.45, 2.75) is 44.3 Å². The molecule has 2 aliphatic heterocycles. The van der Waals surface area contributed by atoms with E-state index >= 15 is 0 Å². The Hall–Kier alpha value is -3.02. The second-order valence-electron chi connectivity index (χ2n) is 7.71. The SMILES string of the molecule is CCC(=O)OCC1=C(COC(C)=O)CN2C(=O)C(NC(=O)Cc3ccc(C(F)(F)F)cc3)[C@H]2S1. The number of alkyl halides is 3. The molecule has 1 N–H and O–H groups in total. The molecule has 0 radical (unpaired) electrons. The predicted octanol–water partition coefficient (Wildman–Crippen LogP) is 2.42. The van der Waals surface area contributed by atoms with E-state index in [0.717, 1.165) is 12.1 Å². The van der Waals surface area contributed by atoms with Crippen LogP contribution in [0, 0.1) is 0 Å². The Morgan fingerprint density at radius 2 is 1.82 bits per heavy atom. The van der Waals surface area contributed by atoms with Crippen LogP contribution in [0.3, 0.4) is 0 Å². The molecule has 2 amide bonds. The van der Waals surface area contributed by atoms with Crippen molar-refractivity contribution >= 4 is 35.5 Å². The van der Waals surface area contributed by atoms with Gasteiger partial charge in [-0.05, 0) is 23.3 Å². The Morgan fingerprint density at radius 3 is 2.41 bits per heavy atom. The van der Waals surface area contributed by atoms with Crippen molar-refractivity contribution in [1.82, 2.24) is 10.2 Å². The topological polar surface area (TPSA) is 102 Å². The van der Waals surface area contributed by atoms with Crippen molar-refractivity contribution < 1.29 is 41.8 Å². The van der Waals surface area contributed by atoms with Gasteiger partial charge in [-0.1, -0.05) is 30.8 Å². The zero-order valence-corrected chi connectivity index (χ0v) is 19.3. The smallest absolute Gasteiger partial charge is 0.416 e. The van der Waals surface area contributed by atoms with Gasteiger partial charge in [0.1, 0.15) is 24.6 Å². The van der Waals surface area contributed by atoms with E-state index in [2.05, 4.69) is 5.32 Å². The van der Waals surface area contributed by atoms with Gasteiger partial charge in [-0.25, -0.2) is 0 Å². The molecular formula is C22H23F3N2O6S. The Labute approximate surface area is 197 Å². The molecule has 12 heteroatoms. The van der Waals surface area contributed by atoms with Crippen LogP contribution >= 0.6 is 11.8 Å². The summed E-state index contributed by atoms with van der Waals surface area (Å²) in [5, 5.41) is 2.19. The minimum atomic E-state index is -4.47. The summed E-state index contributed by atoms with van der Waals surface area (Å²) in [6, 6.07) is 3.40. The number of carbonyl (C=O) groups is 4. The van der Waals surface area contributed by atoms with Gasteiger partial charge in [0.15, 0.2) is 0 Å². The van der Waals surface area contributed by atoms with Crippen molar-refractivity contribution in [2.24, 2.45) is 0 Å². The number of β-lactam (4-membered cyclic amide) rings is 1. The van der Waals surface area contributed by atoms with Gasteiger partial charge in [0.05, 0.1) is 12.0 Å². The average Bonchev–Trinajstić information content (AvgIpc) is 2.79. The van der Waals surface area contributed by atoms with Crippen molar-refractivity contribution in [1.29, 1.82) is 0 Å². The van der Waals surface area contributed by atoms with Crippen LogP contribution < -0.4 is 5.32 Å². The number of halogens is 3. The largest absolute Gasteiger partial charge is 0.461 e. The standard InChI is InChI=1S/C22H23F3N2O6S/c1-3-18(30)33-11-16-14(10-32-12(2)28)9-27-20(31)19(21(27)34-16)26-17(29)8-13-4-6-15(7-5-13)22(23,24)25/h4-7,19,21H,3,8-11H2,1-2H3,(H,26,29)/t19?,21-/m1/s1. The van der Waals surface area contributed by atoms with Crippen molar-refractivity contribution in [3.63, 3.8) is 0 Å². The highest BCUT2D eigenvalue weighted by molar-refractivity contribution is 8.03. The molecule has 3 rings (SSSR count). The Morgan fingerprint density at radius 1 is 1.15 bits per heavy atom. The van der Waals surface area contributed by atoms with Gasteiger partial charge in [-0.3, -0.25) is 19.2 Å². The first kappa shape index (κ1) is 25.6. The molecule has 1 fully saturated rings. The summed E-state index contributed by atoms with van der Waals surface area (Å²) in [5.74, 6) is -1.74. The number of nitrogens with one attached hydrogen (secondary N) is 1. The summed E-state index contributed by atoms with van der Waals surface area (Å²) in [5.41, 5.74) is 0.192. The molecule has 8 nitrogen and oxygen atoms in total. The fourth-order valence-corrected chi connectivity index (χ4v) is 4.73. The van der Waals surface area contributed by atoms with Crippen LogP contribution in [0.1, 0.15) is 31.4 Å². The molecule has 1 aromatic rings. The maximum Gasteiger partial charge on any atom is 0.416 e. The molecule has 34 heavy (non-hydrogen) atoms. The van der Waals surface area contributed by atoms with Crippen LogP contribution in [0.4, 0.5) is 13.2 Å². The number of thioether (sulfide) groups is 1. The van der Waals surface area contributed by atoms with E-state index in [0.29, 0.717) is 16.0 Å². The molecule has 1 unspecified atom stereocenters. The van der Waals surface area contributed by atoms with E-state index < -0.39 is 41.0 Å². The molecule has 0 bridgehead atoms. The zero-order valence-electron chi connectivity index (χ0n) is 18.4. The maximum atomic E-state index is 12.7. The molecule has 2 aliphatic rings. The number of carbonyl (C=O) groups excluding carboxylic acids is 4. The van der Waals surface area contributed by atoms with E-state index in [9.17, 15) is 32.3 Å². The summed E-state index contributed by atoms with van der Waals surface area (Å²) >= 11 is 1.23. The third-order valence-electron chi connectivity index (χ3n) is 5.23. The summed E-state index contributed by atoms with van der Waals surface area (Å²) in [6.07, 6.45) is -4.46. The number of hydrogen-bond donors (Lipinski definition) is 1. The van der Waals surface area contributed by atoms with E-state index in [1.54, 1.807) is 6.92 Å². The van der Waals surface area contributed by atoms with Gasteiger partial charge in [-0.15, -0.1) is 0 Å². The fraction of sp³-hybridized carbons (Fsp3) is 0.455. The molecule has 1 saturated heterocycles. The van der Waals surface area contributed by atoms with Gasteiger partial charge >= 0.3 is 18.1 Å². The number of benzene rings is 1. The van der Waals surface area contributed by atoms with Gasteiger partial charge in [-0.2, -0.15) is 13.2 Å². The minimum absolute atomic E-state index is 0.0430. The molecule has 0 aromatic heterocycles. The number of amides is 2. The van der Waals surface area contributed by atoms with Gasteiger partial charge in [0.25, 0.3) is 0 Å². The molecule has 0 spiro atoms. The summed E-state index contributed by atoms with van der Waals surface area (Å²) in [7, 11) is 0. The number of ether oxygens (including phenoxy) is 2. The van der Waals surface area contributed by atoms with Crippen LogP contribution in [0.25, 0.3) is 0 Å². The number of fused-ring (bicyclic) bond motifs is 1. The van der Waals surface area contributed by atoms with Gasteiger partial charge < -0.3 is 19.7 Å². The molecule has 1 aromatic carbocycles. The Bertz CT molecular complexity index is 1010. The quantitative estimate of drug-likeness (QED) is 0.432. The lowest BCUT2D eigenvalue weighted by molar-refractivity contribution is -0.148. The summed E-state index contributed by atoms with van der Waals surface area (Å²) < 4.78 is 48.3. The van der Waals surface area contributed by atoms with E-state index in [1.165, 1.54) is 35.7 Å². The van der Waals surface area contributed by atoms with E-state index in [-0.39, 0.29) is 38.5 Å². The normalized spacial score (nSPS) is 19.8. The van der Waals surface area contributed by atoms with Crippen LogP contribution in [-0.2, 0) is 41.2 Å². The Kier molecular flexibility index (Phi) is 7.90. The third kappa shape index (κ3) is 6.10. The Balaban J connectivity index is 1.64. The highest BCUT2D eigenvalue weighted by Crippen LogP contribution is 2.41. The van der Waals surface area contributed by atoms with Gasteiger partial charge in [0.2, 0.25) is 11.8 Å². The average molecular weight is 500 g/mol. The monoisotopic (exact) mass is 500 g/mol. The maximum absolute atomic E-state index is 12.7. The van der Waals surface area contributed by atoms with Crippen molar-refractivity contribution in [2.75, 3.05) is 19.8 Å². The molecule has 184 valence electrons. The predicted molar refractivity (Wildman–Crippen MR) is 115 cm³/mol. The molecule has 2 heterocycles.